The van der Waals surface area contributed by atoms with Gasteiger partial charge in [-0.1, -0.05) is 30.3 Å². The second-order valence-corrected chi connectivity index (χ2v) is 5.42. The number of nitrogens with zero attached hydrogens (tertiary/aromatic N) is 1. The molecule has 3 N–H and O–H groups in total. The molecule has 4 nitrogen and oxygen atoms in total. The maximum absolute atomic E-state index is 10.8. The fraction of sp³-hybridized carbons (Fsp3) is 0. The number of nitrogens with one attached hydrogen (secondary N) is 1. The number of urea groups is 1. The predicted molar refractivity (Wildman–Crippen MR) is 83.0 cm³/mol. The molecule has 94 valence electrons. The van der Waals surface area contributed by atoms with Gasteiger partial charge in [0.2, 0.25) is 0 Å². The van der Waals surface area contributed by atoms with Crippen LogP contribution < -0.4 is 11.2 Å². The molecule has 5 heteroatoms. The van der Waals surface area contributed by atoms with Crippen molar-refractivity contribution in [2.45, 2.75) is 0 Å². The first-order valence-corrected chi connectivity index (χ1v) is 6.77. The molecule has 0 spiro atoms. The minimum Gasteiger partial charge on any atom is -0.350 e. The zero-order valence-corrected chi connectivity index (χ0v) is 12.0. The van der Waals surface area contributed by atoms with Crippen molar-refractivity contribution < 1.29 is 4.79 Å². The molecule has 0 radical (unpaired) electrons. The van der Waals surface area contributed by atoms with Crippen molar-refractivity contribution in [3.63, 3.8) is 0 Å². The fourth-order valence-electron chi connectivity index (χ4n) is 2.25. The molecule has 1 aliphatic rings. The van der Waals surface area contributed by atoms with Crippen LogP contribution in [0.15, 0.2) is 47.6 Å². The topological polar surface area (TPSA) is 67.5 Å². The van der Waals surface area contributed by atoms with Crippen LogP contribution in [0.3, 0.4) is 0 Å². The lowest BCUT2D eigenvalue weighted by Crippen LogP contribution is -2.25. The summed E-state index contributed by atoms with van der Waals surface area (Å²) in [6.45, 7) is 0. The maximum Gasteiger partial charge on any atom is 0.332 e. The van der Waals surface area contributed by atoms with E-state index in [4.69, 9.17) is 5.73 Å². The molecule has 0 bridgehead atoms. The molecule has 0 atom stereocenters. The molecule has 0 unspecified atom stereocenters. The molecule has 19 heavy (non-hydrogen) atoms. The lowest BCUT2D eigenvalue weighted by atomic mass is 10.1. The van der Waals surface area contributed by atoms with Gasteiger partial charge in [0.1, 0.15) is 0 Å². The van der Waals surface area contributed by atoms with E-state index in [-0.39, 0.29) is 0 Å². The molecule has 0 saturated carbocycles. The third-order valence-corrected chi connectivity index (χ3v) is 3.66. The van der Waals surface area contributed by atoms with Crippen molar-refractivity contribution in [3.05, 3.63) is 57.2 Å². The summed E-state index contributed by atoms with van der Waals surface area (Å²) in [5, 5.41) is 4.14. The summed E-state index contributed by atoms with van der Waals surface area (Å²) in [5.41, 5.74) is 12.4. The van der Waals surface area contributed by atoms with Gasteiger partial charge in [-0.15, -0.1) is 0 Å². The first kappa shape index (κ1) is 12.2. The van der Waals surface area contributed by atoms with Crippen LogP contribution in [-0.2, 0) is 0 Å². The Hall–Kier alpha value is -1.89. The second-order valence-electron chi connectivity index (χ2n) is 4.17. The number of halogens is 1. The smallest absolute Gasteiger partial charge is 0.332 e. The Kier molecular flexibility index (Phi) is 2.98. The molecule has 0 heterocycles. The van der Waals surface area contributed by atoms with Gasteiger partial charge in [-0.25, -0.2) is 10.2 Å². The molecular weight excluding hydrogens is 353 g/mol. The average Bonchev–Trinajstić information content (AvgIpc) is 2.69. The lowest BCUT2D eigenvalue weighted by molar-refractivity contribution is 0.249. The number of hydrogen-bond donors (Lipinski definition) is 2. The van der Waals surface area contributed by atoms with Crippen LogP contribution in [0.2, 0.25) is 0 Å². The Balaban J connectivity index is 2.22. The van der Waals surface area contributed by atoms with Crippen molar-refractivity contribution >= 4 is 34.3 Å². The van der Waals surface area contributed by atoms with Gasteiger partial charge >= 0.3 is 6.03 Å². The molecule has 0 aromatic heterocycles. The fourth-order valence-corrected chi connectivity index (χ4v) is 2.74. The van der Waals surface area contributed by atoms with E-state index < -0.39 is 6.03 Å². The van der Waals surface area contributed by atoms with Crippen LogP contribution in [0, 0.1) is 3.57 Å². The number of primary amides is 1. The van der Waals surface area contributed by atoms with Crippen LogP contribution >= 0.6 is 22.6 Å². The molecular formula is C14H10IN3O. The Morgan fingerprint density at radius 2 is 1.74 bits per heavy atom. The average molecular weight is 363 g/mol. The Morgan fingerprint density at radius 1 is 1.05 bits per heavy atom. The van der Waals surface area contributed by atoms with E-state index in [9.17, 15) is 4.79 Å². The van der Waals surface area contributed by atoms with E-state index in [0.717, 1.165) is 31.5 Å². The highest BCUT2D eigenvalue weighted by atomic mass is 127. The number of rotatable bonds is 1. The first-order chi connectivity index (χ1) is 9.16. The zero-order valence-electron chi connectivity index (χ0n) is 9.85. The number of benzene rings is 2. The number of hydrogen-bond acceptors (Lipinski definition) is 2. The number of fused-ring (bicyclic) bond motifs is 3. The van der Waals surface area contributed by atoms with Gasteiger partial charge in [-0.2, -0.15) is 5.10 Å². The molecule has 1 aliphatic carbocycles. The Bertz CT molecular complexity index is 710. The number of nitrogens with two attached hydrogens (primary N) is 1. The van der Waals surface area contributed by atoms with Crippen molar-refractivity contribution in [1.82, 2.24) is 5.43 Å². The highest BCUT2D eigenvalue weighted by molar-refractivity contribution is 14.1. The third kappa shape index (κ3) is 2.10. The number of carbonyl (C=O) groups is 1. The van der Waals surface area contributed by atoms with Gasteiger partial charge in [0.05, 0.1) is 5.71 Å². The number of carbonyl (C=O) groups excluding carboxylic acids is 1. The first-order valence-electron chi connectivity index (χ1n) is 5.69. The molecule has 0 saturated heterocycles. The van der Waals surface area contributed by atoms with Gasteiger partial charge in [0, 0.05) is 14.7 Å². The summed E-state index contributed by atoms with van der Waals surface area (Å²) in [5.74, 6) is 0. The Labute approximate surface area is 123 Å². The molecule has 3 rings (SSSR count). The third-order valence-electron chi connectivity index (χ3n) is 2.99. The van der Waals surface area contributed by atoms with E-state index in [0.29, 0.717) is 0 Å². The van der Waals surface area contributed by atoms with E-state index in [1.807, 2.05) is 24.3 Å². The number of amides is 2. The SMILES string of the molecule is NC(=O)NN=C1c2ccccc2-c2ccc(I)cc21. The summed E-state index contributed by atoms with van der Waals surface area (Å²) < 4.78 is 1.12. The van der Waals surface area contributed by atoms with Crippen LogP contribution in [-0.4, -0.2) is 11.7 Å². The quantitative estimate of drug-likeness (QED) is 0.507. The van der Waals surface area contributed by atoms with Crippen LogP contribution in [0.5, 0.6) is 0 Å². The van der Waals surface area contributed by atoms with Crippen LogP contribution in [0.4, 0.5) is 4.79 Å². The highest BCUT2D eigenvalue weighted by Crippen LogP contribution is 2.37. The van der Waals surface area contributed by atoms with Crippen molar-refractivity contribution in [3.8, 4) is 11.1 Å². The van der Waals surface area contributed by atoms with Gasteiger partial charge in [-0.05, 0) is 45.9 Å². The van der Waals surface area contributed by atoms with E-state index in [1.54, 1.807) is 0 Å². The lowest BCUT2D eigenvalue weighted by Gasteiger charge is -2.02. The van der Waals surface area contributed by atoms with Crippen molar-refractivity contribution in [2.75, 3.05) is 0 Å². The van der Waals surface area contributed by atoms with E-state index in [2.05, 4.69) is 51.3 Å². The van der Waals surface area contributed by atoms with E-state index >= 15 is 0 Å². The summed E-state index contributed by atoms with van der Waals surface area (Å²) in [7, 11) is 0. The standard InChI is InChI=1S/C14H10IN3O/c15-8-5-6-10-9-3-1-2-4-11(9)13(12(10)7-8)17-18-14(16)19/h1-7H,(H3,16,18,19). The minimum absolute atomic E-state index is 0.663. The summed E-state index contributed by atoms with van der Waals surface area (Å²) in [4.78, 5) is 10.8. The van der Waals surface area contributed by atoms with Gasteiger partial charge in [0.25, 0.3) is 0 Å². The molecule has 0 aliphatic heterocycles. The van der Waals surface area contributed by atoms with Gasteiger partial charge < -0.3 is 5.73 Å². The zero-order chi connectivity index (χ0) is 13.4. The van der Waals surface area contributed by atoms with Gasteiger partial charge in [-0.3, -0.25) is 0 Å². The van der Waals surface area contributed by atoms with E-state index in [1.165, 1.54) is 0 Å². The second kappa shape index (κ2) is 4.65. The largest absolute Gasteiger partial charge is 0.350 e. The Morgan fingerprint density at radius 3 is 2.47 bits per heavy atom. The molecule has 0 fully saturated rings. The summed E-state index contributed by atoms with van der Waals surface area (Å²) in [6, 6.07) is 13.5. The molecule has 2 aromatic carbocycles. The van der Waals surface area contributed by atoms with Gasteiger partial charge in [0.15, 0.2) is 0 Å². The normalized spacial score (nSPS) is 14.1. The van der Waals surface area contributed by atoms with Crippen LogP contribution in [0.25, 0.3) is 11.1 Å². The minimum atomic E-state index is -0.663. The number of hydrazone groups is 1. The molecule has 2 aromatic rings. The van der Waals surface area contributed by atoms with Crippen molar-refractivity contribution in [2.24, 2.45) is 10.8 Å². The molecule has 2 amide bonds. The highest BCUT2D eigenvalue weighted by Gasteiger charge is 2.24. The predicted octanol–water partition coefficient (Wildman–Crippen LogP) is 2.69. The maximum atomic E-state index is 10.8. The van der Waals surface area contributed by atoms with Crippen molar-refractivity contribution in [1.29, 1.82) is 0 Å². The summed E-state index contributed by atoms with van der Waals surface area (Å²) >= 11 is 2.26. The van der Waals surface area contributed by atoms with Crippen LogP contribution in [0.1, 0.15) is 11.1 Å². The summed E-state index contributed by atoms with van der Waals surface area (Å²) in [6.07, 6.45) is 0. The monoisotopic (exact) mass is 363 g/mol.